The minimum Gasteiger partial charge on any atom is -0.507 e. The molecule has 2 aromatic rings. The Morgan fingerprint density at radius 3 is 1.85 bits per heavy atom. The minimum absolute atomic E-state index is 0.0644. The SMILES string of the molecule is Cc1cc(C(F)(C(F)(F)F)C(F)(F)F)cc(C)c1C(=N)/C=C(\O)c1ccc(Cl)c(C(=O)O)c1. The van der Waals surface area contributed by atoms with Crippen molar-refractivity contribution in [2.45, 2.75) is 31.9 Å². The smallest absolute Gasteiger partial charge is 0.435 e. The molecule has 4 nitrogen and oxygen atoms in total. The van der Waals surface area contributed by atoms with Gasteiger partial charge < -0.3 is 15.6 Å². The Labute approximate surface area is 187 Å². The summed E-state index contributed by atoms with van der Waals surface area (Å²) in [4.78, 5) is 11.2. The van der Waals surface area contributed by atoms with Gasteiger partial charge in [-0.25, -0.2) is 9.18 Å². The monoisotopic (exact) mass is 497 g/mol. The first-order valence-corrected chi connectivity index (χ1v) is 9.26. The number of carboxylic acids is 1. The summed E-state index contributed by atoms with van der Waals surface area (Å²) in [6, 6.07) is 4.10. The zero-order valence-electron chi connectivity index (χ0n) is 16.8. The van der Waals surface area contributed by atoms with Crippen LogP contribution in [0.3, 0.4) is 0 Å². The topological polar surface area (TPSA) is 81.4 Å². The Kier molecular flexibility index (Phi) is 6.90. The standard InChI is InChI=1S/C21H15ClF7NO3/c1-9-5-12(19(23,20(24,25)26)21(27,28)29)6-10(2)17(9)15(30)8-16(31)11-3-4-14(22)13(7-11)18(32)33/h3-8,30-31H,1-2H3,(H,32,33)/b16-8-,30-15?. The van der Waals surface area contributed by atoms with Gasteiger partial charge in [0.15, 0.2) is 0 Å². The molecule has 3 N–H and O–H groups in total. The van der Waals surface area contributed by atoms with Crippen LogP contribution in [-0.4, -0.2) is 34.2 Å². The van der Waals surface area contributed by atoms with Gasteiger partial charge in [-0.2, -0.15) is 26.3 Å². The van der Waals surface area contributed by atoms with Gasteiger partial charge in [-0.3, -0.25) is 0 Å². The summed E-state index contributed by atoms with van der Waals surface area (Å²) in [5, 5.41) is 27.3. The number of carboxylic acid groups (broad SMARTS) is 1. The van der Waals surface area contributed by atoms with Crippen molar-refractivity contribution in [1.29, 1.82) is 5.41 Å². The Morgan fingerprint density at radius 2 is 1.42 bits per heavy atom. The third-order valence-electron chi connectivity index (χ3n) is 4.75. The van der Waals surface area contributed by atoms with Crippen LogP contribution in [0, 0.1) is 19.3 Å². The number of carbonyl (C=O) groups is 1. The molecule has 0 aliphatic heterocycles. The van der Waals surface area contributed by atoms with Gasteiger partial charge in [-0.15, -0.1) is 0 Å². The average molecular weight is 498 g/mol. The van der Waals surface area contributed by atoms with Gasteiger partial charge in [-0.1, -0.05) is 23.7 Å². The molecule has 0 radical (unpaired) electrons. The average Bonchev–Trinajstić information content (AvgIpc) is 2.64. The van der Waals surface area contributed by atoms with Crippen molar-refractivity contribution in [2.24, 2.45) is 0 Å². The molecule has 0 aromatic heterocycles. The quantitative estimate of drug-likeness (QED) is 0.238. The Balaban J connectivity index is 2.56. The molecule has 0 fully saturated rings. The number of aryl methyl sites for hydroxylation is 2. The maximum atomic E-state index is 14.4. The van der Waals surface area contributed by atoms with Crippen molar-refractivity contribution in [3.63, 3.8) is 0 Å². The Hall–Kier alpha value is -3.08. The van der Waals surface area contributed by atoms with E-state index in [1.807, 2.05) is 0 Å². The van der Waals surface area contributed by atoms with E-state index in [4.69, 9.17) is 22.1 Å². The lowest BCUT2D eigenvalue weighted by Gasteiger charge is -2.31. The van der Waals surface area contributed by atoms with Crippen LogP contribution in [0.4, 0.5) is 30.7 Å². The molecule has 12 heteroatoms. The number of aromatic carboxylic acids is 1. The fraction of sp³-hybridized carbons (Fsp3) is 0.238. The molecule has 0 aliphatic rings. The third-order valence-corrected chi connectivity index (χ3v) is 5.08. The number of alkyl halides is 7. The second-order valence-electron chi connectivity index (χ2n) is 7.08. The van der Waals surface area contributed by atoms with E-state index in [-0.39, 0.29) is 32.8 Å². The number of rotatable bonds is 5. The van der Waals surface area contributed by atoms with Gasteiger partial charge in [0, 0.05) is 22.8 Å². The molecule has 33 heavy (non-hydrogen) atoms. The van der Waals surface area contributed by atoms with Crippen molar-refractivity contribution in [2.75, 3.05) is 0 Å². The maximum absolute atomic E-state index is 14.4. The van der Waals surface area contributed by atoms with Crippen LogP contribution in [0.2, 0.25) is 5.02 Å². The van der Waals surface area contributed by atoms with E-state index in [9.17, 15) is 40.6 Å². The van der Waals surface area contributed by atoms with E-state index < -0.39 is 41.0 Å². The summed E-state index contributed by atoms with van der Waals surface area (Å²) < 4.78 is 92.7. The number of allylic oxidation sites excluding steroid dienone is 1. The fourth-order valence-electron chi connectivity index (χ4n) is 3.22. The van der Waals surface area contributed by atoms with E-state index in [1.165, 1.54) is 12.1 Å². The van der Waals surface area contributed by atoms with Crippen LogP contribution in [0.25, 0.3) is 5.76 Å². The van der Waals surface area contributed by atoms with E-state index in [0.29, 0.717) is 12.1 Å². The van der Waals surface area contributed by atoms with Crippen LogP contribution in [-0.2, 0) is 5.67 Å². The van der Waals surface area contributed by atoms with E-state index in [2.05, 4.69) is 0 Å². The molecule has 0 amide bonds. The lowest BCUT2D eigenvalue weighted by molar-refractivity contribution is -0.348. The van der Waals surface area contributed by atoms with Crippen LogP contribution < -0.4 is 0 Å². The summed E-state index contributed by atoms with van der Waals surface area (Å²) in [5.74, 6) is -2.01. The number of nitrogens with one attached hydrogen (secondary N) is 1. The molecule has 0 saturated heterocycles. The lowest BCUT2D eigenvalue weighted by Crippen LogP contribution is -2.50. The summed E-state index contributed by atoms with van der Waals surface area (Å²) in [6.07, 6.45) is -11.7. The second kappa shape index (κ2) is 8.69. The first-order valence-electron chi connectivity index (χ1n) is 8.88. The van der Waals surface area contributed by atoms with E-state index in [0.717, 1.165) is 26.0 Å². The first kappa shape index (κ1) is 26.2. The predicted octanol–water partition coefficient (Wildman–Crippen LogP) is 6.91. The van der Waals surface area contributed by atoms with Crippen molar-refractivity contribution in [1.82, 2.24) is 0 Å². The maximum Gasteiger partial charge on any atom is 0.435 e. The molecule has 2 aromatic carbocycles. The highest BCUT2D eigenvalue weighted by atomic mass is 35.5. The summed E-state index contributed by atoms with van der Waals surface area (Å²) >= 11 is 5.74. The molecule has 0 heterocycles. The lowest BCUT2D eigenvalue weighted by atomic mass is 9.87. The number of halogens is 8. The van der Waals surface area contributed by atoms with E-state index in [1.54, 1.807) is 0 Å². The number of benzene rings is 2. The first-order chi connectivity index (χ1) is 14.9. The molecular weight excluding hydrogens is 483 g/mol. The second-order valence-corrected chi connectivity index (χ2v) is 7.49. The Morgan fingerprint density at radius 1 is 0.939 bits per heavy atom. The van der Waals surface area contributed by atoms with Crippen molar-refractivity contribution in [3.05, 3.63) is 74.8 Å². The fourth-order valence-corrected chi connectivity index (χ4v) is 3.41. The van der Waals surface area contributed by atoms with Gasteiger partial charge >= 0.3 is 24.0 Å². The number of aliphatic hydroxyl groups is 1. The number of hydrogen-bond acceptors (Lipinski definition) is 3. The third kappa shape index (κ3) is 4.82. The highest BCUT2D eigenvalue weighted by Crippen LogP contribution is 2.53. The number of aliphatic hydroxyl groups excluding tert-OH is 1. The highest BCUT2D eigenvalue weighted by molar-refractivity contribution is 6.33. The highest BCUT2D eigenvalue weighted by Gasteiger charge is 2.73. The van der Waals surface area contributed by atoms with E-state index >= 15 is 0 Å². The molecule has 0 saturated carbocycles. The van der Waals surface area contributed by atoms with Gasteiger partial charge in [0.1, 0.15) is 5.76 Å². The molecule has 0 atom stereocenters. The molecule has 2 rings (SSSR count). The van der Waals surface area contributed by atoms with Crippen molar-refractivity contribution < 1.29 is 45.7 Å². The van der Waals surface area contributed by atoms with Crippen LogP contribution in [0.15, 0.2) is 36.4 Å². The molecule has 0 aliphatic carbocycles. The zero-order chi connectivity index (χ0) is 25.5. The van der Waals surface area contributed by atoms with Crippen molar-refractivity contribution >= 4 is 29.0 Å². The summed E-state index contributed by atoms with van der Waals surface area (Å²) in [7, 11) is 0. The van der Waals surface area contributed by atoms with Gasteiger partial charge in [0.2, 0.25) is 0 Å². The van der Waals surface area contributed by atoms with Gasteiger partial charge in [-0.05, 0) is 43.2 Å². The summed E-state index contributed by atoms with van der Waals surface area (Å²) in [5.41, 5.74) is -8.96. The zero-order valence-corrected chi connectivity index (χ0v) is 17.5. The van der Waals surface area contributed by atoms with Gasteiger partial charge in [0.05, 0.1) is 16.3 Å². The Bertz CT molecular complexity index is 1120. The minimum atomic E-state index is -6.28. The molecular formula is C21H15ClF7NO3. The predicted molar refractivity (Wildman–Crippen MR) is 107 cm³/mol. The van der Waals surface area contributed by atoms with Crippen LogP contribution >= 0.6 is 11.6 Å². The van der Waals surface area contributed by atoms with Crippen LogP contribution in [0.1, 0.15) is 38.2 Å². The van der Waals surface area contributed by atoms with Gasteiger partial charge in [0.25, 0.3) is 0 Å². The molecule has 178 valence electrons. The molecule has 0 bridgehead atoms. The molecule has 0 unspecified atom stereocenters. The number of hydrogen-bond donors (Lipinski definition) is 3. The summed E-state index contributed by atoms with van der Waals surface area (Å²) in [6.45, 7) is 2.17. The largest absolute Gasteiger partial charge is 0.507 e. The van der Waals surface area contributed by atoms with Crippen LogP contribution in [0.5, 0.6) is 0 Å². The van der Waals surface area contributed by atoms with Crippen molar-refractivity contribution in [3.8, 4) is 0 Å². The normalized spacial score (nSPS) is 13.2. The molecule has 0 spiro atoms.